The molecule has 0 saturated carbocycles. The monoisotopic (exact) mass is 341 g/mol. The number of aryl methyl sites for hydroxylation is 1. The molecule has 6 nitrogen and oxygen atoms in total. The van der Waals surface area contributed by atoms with Gasteiger partial charge in [-0.3, -0.25) is 14.7 Å². The highest BCUT2D eigenvalue weighted by Crippen LogP contribution is 2.27. The Morgan fingerprint density at radius 3 is 2.72 bits per heavy atom. The van der Waals surface area contributed by atoms with Crippen LogP contribution in [0.4, 0.5) is 0 Å². The van der Waals surface area contributed by atoms with E-state index < -0.39 is 0 Å². The third-order valence-electron chi connectivity index (χ3n) is 4.80. The Balaban J connectivity index is 1.86. The first kappa shape index (κ1) is 17.6. The summed E-state index contributed by atoms with van der Waals surface area (Å²) in [5, 5.41) is 0. The molecule has 3 heterocycles. The number of aromatic nitrogens is 3. The topological polar surface area (TPSA) is 54.3 Å². The van der Waals surface area contributed by atoms with Gasteiger partial charge in [-0.1, -0.05) is 13.0 Å². The molecule has 0 spiro atoms. The van der Waals surface area contributed by atoms with Crippen molar-refractivity contribution in [1.29, 1.82) is 0 Å². The van der Waals surface area contributed by atoms with E-state index in [9.17, 15) is 4.79 Å². The maximum absolute atomic E-state index is 13.5. The van der Waals surface area contributed by atoms with Crippen molar-refractivity contribution in [3.05, 3.63) is 48.3 Å². The summed E-state index contributed by atoms with van der Waals surface area (Å²) in [6, 6.07) is 3.68. The van der Waals surface area contributed by atoms with Crippen LogP contribution in [0.3, 0.4) is 0 Å². The summed E-state index contributed by atoms with van der Waals surface area (Å²) >= 11 is 0. The minimum Gasteiger partial charge on any atom is -0.337 e. The summed E-state index contributed by atoms with van der Waals surface area (Å²) in [4.78, 5) is 26.3. The molecule has 3 rings (SSSR count). The lowest BCUT2D eigenvalue weighted by Crippen LogP contribution is -2.42. The van der Waals surface area contributed by atoms with Crippen LogP contribution in [0, 0.1) is 0 Å². The molecule has 0 radical (unpaired) electrons. The van der Waals surface area contributed by atoms with Gasteiger partial charge in [0.15, 0.2) is 0 Å². The molecule has 1 atom stereocenters. The Morgan fingerprint density at radius 1 is 1.32 bits per heavy atom. The smallest absolute Gasteiger partial charge is 0.244 e. The van der Waals surface area contributed by atoms with Crippen molar-refractivity contribution < 1.29 is 4.79 Å². The van der Waals surface area contributed by atoms with Crippen LogP contribution in [0.15, 0.2) is 36.9 Å². The molecule has 0 unspecified atom stereocenters. The van der Waals surface area contributed by atoms with Crippen molar-refractivity contribution in [2.24, 2.45) is 7.05 Å². The lowest BCUT2D eigenvalue weighted by molar-refractivity contribution is -0.137. The van der Waals surface area contributed by atoms with E-state index in [1.165, 1.54) is 0 Å². The van der Waals surface area contributed by atoms with Crippen LogP contribution in [0.25, 0.3) is 0 Å². The fraction of sp³-hybridized carbons (Fsp3) is 0.526. The van der Waals surface area contributed by atoms with Gasteiger partial charge in [0.2, 0.25) is 5.91 Å². The summed E-state index contributed by atoms with van der Waals surface area (Å²) in [6.07, 6.45) is 10.5. The average molecular weight is 341 g/mol. The predicted octanol–water partition coefficient (Wildman–Crippen LogP) is 2.39. The van der Waals surface area contributed by atoms with Gasteiger partial charge in [0.25, 0.3) is 0 Å². The molecule has 1 aliphatic rings. The van der Waals surface area contributed by atoms with E-state index in [2.05, 4.69) is 21.8 Å². The minimum atomic E-state index is -0.247. The number of carbonyl (C=O) groups excluding carboxylic acids is 1. The fourth-order valence-corrected chi connectivity index (χ4v) is 3.48. The van der Waals surface area contributed by atoms with Crippen molar-refractivity contribution in [2.75, 3.05) is 19.6 Å². The van der Waals surface area contributed by atoms with Gasteiger partial charge in [-0.15, -0.1) is 0 Å². The van der Waals surface area contributed by atoms with Crippen LogP contribution in [-0.4, -0.2) is 49.9 Å². The zero-order valence-electron chi connectivity index (χ0n) is 15.1. The summed E-state index contributed by atoms with van der Waals surface area (Å²) < 4.78 is 1.98. The van der Waals surface area contributed by atoms with E-state index in [4.69, 9.17) is 0 Å². The Labute approximate surface area is 149 Å². The van der Waals surface area contributed by atoms with Gasteiger partial charge in [-0.2, -0.15) is 0 Å². The normalized spacial score (nSPS) is 16.1. The molecular weight excluding hydrogens is 314 g/mol. The Bertz CT molecular complexity index is 678. The van der Waals surface area contributed by atoms with E-state index >= 15 is 0 Å². The molecule has 6 heteroatoms. The van der Waals surface area contributed by atoms with Crippen molar-refractivity contribution in [3.8, 4) is 0 Å². The molecule has 0 bridgehead atoms. The van der Waals surface area contributed by atoms with Crippen LogP contribution in [-0.2, 0) is 18.4 Å². The van der Waals surface area contributed by atoms with Crippen molar-refractivity contribution in [3.63, 3.8) is 0 Å². The molecule has 1 saturated heterocycles. The van der Waals surface area contributed by atoms with E-state index in [0.717, 1.165) is 50.3 Å². The molecule has 1 fully saturated rings. The summed E-state index contributed by atoms with van der Waals surface area (Å²) in [6.45, 7) is 5.31. The van der Waals surface area contributed by atoms with Gasteiger partial charge in [0, 0.05) is 38.4 Å². The third-order valence-corrected chi connectivity index (χ3v) is 4.80. The van der Waals surface area contributed by atoms with Crippen LogP contribution >= 0.6 is 0 Å². The van der Waals surface area contributed by atoms with Gasteiger partial charge in [0.05, 0.1) is 6.54 Å². The van der Waals surface area contributed by atoms with E-state index in [1.807, 2.05) is 41.0 Å². The lowest BCUT2D eigenvalue weighted by atomic mass is 10.1. The maximum atomic E-state index is 13.5. The summed E-state index contributed by atoms with van der Waals surface area (Å²) in [5.74, 6) is 1.06. The predicted molar refractivity (Wildman–Crippen MR) is 96.7 cm³/mol. The highest BCUT2D eigenvalue weighted by atomic mass is 16.2. The van der Waals surface area contributed by atoms with E-state index in [0.29, 0.717) is 6.54 Å². The van der Waals surface area contributed by atoms with Gasteiger partial charge in [-0.05, 0) is 44.0 Å². The number of amides is 1. The van der Waals surface area contributed by atoms with Gasteiger partial charge in [0.1, 0.15) is 11.9 Å². The van der Waals surface area contributed by atoms with E-state index in [-0.39, 0.29) is 11.9 Å². The second-order valence-corrected chi connectivity index (χ2v) is 6.65. The second kappa shape index (κ2) is 8.25. The number of nitrogens with zero attached hydrogens (tertiary/aromatic N) is 5. The highest BCUT2D eigenvalue weighted by Gasteiger charge is 2.33. The largest absolute Gasteiger partial charge is 0.337 e. The average Bonchev–Trinajstić information content (AvgIpc) is 3.28. The number of pyridine rings is 1. The SMILES string of the molecule is CCCN(Cc1nccn1C)C(=O)[C@H](c1cccnc1)N1CCCC1. The Kier molecular flexibility index (Phi) is 5.81. The van der Waals surface area contributed by atoms with Crippen LogP contribution in [0.2, 0.25) is 0 Å². The van der Waals surface area contributed by atoms with Gasteiger partial charge < -0.3 is 9.47 Å². The van der Waals surface area contributed by atoms with Crippen LogP contribution in [0.5, 0.6) is 0 Å². The Morgan fingerprint density at radius 2 is 2.12 bits per heavy atom. The van der Waals surface area contributed by atoms with Gasteiger partial charge >= 0.3 is 0 Å². The van der Waals surface area contributed by atoms with Crippen LogP contribution < -0.4 is 0 Å². The standard InChI is InChI=1S/C19H27N5O/c1-3-10-24(15-17-21-9-13-22(17)2)19(25)18(23-11-4-5-12-23)16-7-6-8-20-14-16/h6-9,13-14,18H,3-5,10-12,15H2,1-2H3/t18-/m0/s1. The minimum absolute atomic E-state index is 0.153. The molecule has 2 aromatic rings. The second-order valence-electron chi connectivity index (χ2n) is 6.65. The van der Waals surface area contributed by atoms with E-state index in [1.54, 1.807) is 12.4 Å². The maximum Gasteiger partial charge on any atom is 0.244 e. The zero-order chi connectivity index (χ0) is 17.6. The molecule has 2 aromatic heterocycles. The number of hydrogen-bond donors (Lipinski definition) is 0. The van der Waals surface area contributed by atoms with Crippen molar-refractivity contribution in [2.45, 2.75) is 38.8 Å². The quantitative estimate of drug-likeness (QED) is 0.776. The molecule has 0 aliphatic carbocycles. The molecule has 134 valence electrons. The first-order valence-corrected chi connectivity index (χ1v) is 9.09. The number of likely N-dealkylation sites (tertiary alicyclic amines) is 1. The van der Waals surface area contributed by atoms with Crippen LogP contribution in [0.1, 0.15) is 43.6 Å². The third kappa shape index (κ3) is 4.07. The first-order chi connectivity index (χ1) is 12.2. The number of hydrogen-bond acceptors (Lipinski definition) is 4. The first-order valence-electron chi connectivity index (χ1n) is 9.09. The zero-order valence-corrected chi connectivity index (χ0v) is 15.1. The molecule has 1 aliphatic heterocycles. The molecule has 1 amide bonds. The molecule has 0 aromatic carbocycles. The summed E-state index contributed by atoms with van der Waals surface area (Å²) in [5.41, 5.74) is 0.982. The van der Waals surface area contributed by atoms with Crippen molar-refractivity contribution >= 4 is 5.91 Å². The number of rotatable bonds is 7. The van der Waals surface area contributed by atoms with Crippen molar-refractivity contribution in [1.82, 2.24) is 24.3 Å². The molecular formula is C19H27N5O. The number of carbonyl (C=O) groups is 1. The molecule has 25 heavy (non-hydrogen) atoms. The fourth-order valence-electron chi connectivity index (χ4n) is 3.48. The number of imidazole rings is 1. The summed E-state index contributed by atoms with van der Waals surface area (Å²) in [7, 11) is 1.97. The van der Waals surface area contributed by atoms with Gasteiger partial charge in [-0.25, -0.2) is 4.98 Å². The highest BCUT2D eigenvalue weighted by molar-refractivity contribution is 5.83. The lowest BCUT2D eigenvalue weighted by Gasteiger charge is -2.32. The Hall–Kier alpha value is -2.21. The molecule has 0 N–H and O–H groups in total.